The van der Waals surface area contributed by atoms with Gasteiger partial charge in [0.2, 0.25) is 5.91 Å². The van der Waals surface area contributed by atoms with Crippen LogP contribution in [0.1, 0.15) is 38.2 Å². The Balaban J connectivity index is 1.55. The van der Waals surface area contributed by atoms with Crippen molar-refractivity contribution in [3.05, 3.63) is 29.8 Å². The van der Waals surface area contributed by atoms with Crippen LogP contribution in [0.5, 0.6) is 0 Å². The number of benzene rings is 1. The van der Waals surface area contributed by atoms with Gasteiger partial charge in [0.05, 0.1) is 5.92 Å². The van der Waals surface area contributed by atoms with Crippen LogP contribution >= 0.6 is 0 Å². The first kappa shape index (κ1) is 17.8. The summed E-state index contributed by atoms with van der Waals surface area (Å²) in [7, 11) is 0. The standard InChI is InChI=1S/C20H29N3O2/c1-15-5-7-18(8-6-15)21-20(25)23-11-3-4-17(14-23)19(24)22-12-9-16(2)10-13-22/h5-8,16-17H,3-4,9-14H2,1-2H3,(H,21,25)/t17-/m0/s1. The van der Waals surface area contributed by atoms with Gasteiger partial charge < -0.3 is 15.1 Å². The van der Waals surface area contributed by atoms with E-state index in [-0.39, 0.29) is 17.9 Å². The molecule has 136 valence electrons. The lowest BCUT2D eigenvalue weighted by atomic mass is 9.93. The van der Waals surface area contributed by atoms with Crippen LogP contribution in [0.2, 0.25) is 0 Å². The largest absolute Gasteiger partial charge is 0.342 e. The molecule has 0 bridgehead atoms. The first-order chi connectivity index (χ1) is 12.0. The Bertz CT molecular complexity index is 606. The molecule has 1 atom stereocenters. The van der Waals surface area contributed by atoms with Gasteiger partial charge in [0.15, 0.2) is 0 Å². The third-order valence-electron chi connectivity index (χ3n) is 5.46. The van der Waals surface area contributed by atoms with Crippen molar-refractivity contribution in [2.24, 2.45) is 11.8 Å². The summed E-state index contributed by atoms with van der Waals surface area (Å²) in [6.07, 6.45) is 3.97. The van der Waals surface area contributed by atoms with Crippen molar-refractivity contribution in [2.45, 2.75) is 39.5 Å². The molecular weight excluding hydrogens is 314 g/mol. The Kier molecular flexibility index (Phi) is 5.61. The Morgan fingerprint density at radius 1 is 1.00 bits per heavy atom. The molecule has 2 fully saturated rings. The predicted molar refractivity (Wildman–Crippen MR) is 99.5 cm³/mol. The lowest BCUT2D eigenvalue weighted by molar-refractivity contribution is -0.138. The summed E-state index contributed by atoms with van der Waals surface area (Å²) in [4.78, 5) is 29.1. The molecule has 0 aliphatic carbocycles. The van der Waals surface area contributed by atoms with E-state index in [1.165, 1.54) is 0 Å². The summed E-state index contributed by atoms with van der Waals surface area (Å²) in [5, 5.41) is 2.95. The zero-order valence-electron chi connectivity index (χ0n) is 15.3. The maximum Gasteiger partial charge on any atom is 0.321 e. The fourth-order valence-electron chi connectivity index (χ4n) is 3.69. The number of nitrogens with one attached hydrogen (secondary N) is 1. The smallest absolute Gasteiger partial charge is 0.321 e. The third kappa shape index (κ3) is 4.53. The molecule has 3 rings (SSSR count). The van der Waals surface area contributed by atoms with Crippen LogP contribution in [0.25, 0.3) is 0 Å². The number of rotatable bonds is 2. The number of hydrogen-bond acceptors (Lipinski definition) is 2. The minimum Gasteiger partial charge on any atom is -0.342 e. The summed E-state index contributed by atoms with van der Waals surface area (Å²) >= 11 is 0. The highest BCUT2D eigenvalue weighted by Gasteiger charge is 2.32. The number of amides is 3. The van der Waals surface area contributed by atoms with Gasteiger partial charge in [-0.1, -0.05) is 24.6 Å². The second-order valence-electron chi connectivity index (χ2n) is 7.59. The number of hydrogen-bond donors (Lipinski definition) is 1. The van der Waals surface area contributed by atoms with Crippen LogP contribution in [0.3, 0.4) is 0 Å². The number of anilines is 1. The first-order valence-corrected chi connectivity index (χ1v) is 9.44. The van der Waals surface area contributed by atoms with Crippen molar-refractivity contribution >= 4 is 17.6 Å². The van der Waals surface area contributed by atoms with Crippen molar-refractivity contribution in [3.63, 3.8) is 0 Å². The molecule has 0 unspecified atom stereocenters. The predicted octanol–water partition coefficient (Wildman–Crippen LogP) is 3.50. The molecule has 2 aliphatic rings. The van der Waals surface area contributed by atoms with Gasteiger partial charge in [0.1, 0.15) is 0 Å². The van der Waals surface area contributed by atoms with E-state index < -0.39 is 0 Å². The summed E-state index contributed by atoms with van der Waals surface area (Å²) < 4.78 is 0. The molecule has 1 aromatic rings. The number of nitrogens with zero attached hydrogens (tertiary/aromatic N) is 2. The molecule has 2 saturated heterocycles. The molecule has 0 aromatic heterocycles. The Hall–Kier alpha value is -2.04. The van der Waals surface area contributed by atoms with E-state index in [1.807, 2.05) is 36.1 Å². The van der Waals surface area contributed by atoms with Crippen LogP contribution in [-0.4, -0.2) is 47.9 Å². The molecule has 3 amide bonds. The van der Waals surface area contributed by atoms with Crippen molar-refractivity contribution in [1.82, 2.24) is 9.80 Å². The fourth-order valence-corrected chi connectivity index (χ4v) is 3.69. The molecule has 0 saturated carbocycles. The van der Waals surface area contributed by atoms with Crippen molar-refractivity contribution in [2.75, 3.05) is 31.5 Å². The second kappa shape index (κ2) is 7.89. The highest BCUT2D eigenvalue weighted by molar-refractivity contribution is 5.90. The van der Waals surface area contributed by atoms with Crippen molar-refractivity contribution in [3.8, 4) is 0 Å². The van der Waals surface area contributed by atoms with Gasteiger partial charge in [-0.15, -0.1) is 0 Å². The Morgan fingerprint density at radius 2 is 1.68 bits per heavy atom. The lowest BCUT2D eigenvalue weighted by Crippen LogP contribution is -2.49. The quantitative estimate of drug-likeness (QED) is 0.893. The fraction of sp³-hybridized carbons (Fsp3) is 0.600. The molecular formula is C20H29N3O2. The van der Waals surface area contributed by atoms with E-state index >= 15 is 0 Å². The average molecular weight is 343 g/mol. The highest BCUT2D eigenvalue weighted by atomic mass is 16.2. The number of piperidine rings is 2. The summed E-state index contributed by atoms with van der Waals surface area (Å²) in [6, 6.07) is 7.68. The van der Waals surface area contributed by atoms with Crippen LogP contribution < -0.4 is 5.32 Å². The van der Waals surface area contributed by atoms with Gasteiger partial charge in [-0.05, 0) is 50.7 Å². The van der Waals surface area contributed by atoms with Gasteiger partial charge in [-0.2, -0.15) is 0 Å². The normalized spacial score (nSPS) is 21.9. The minimum absolute atomic E-state index is 0.0501. The van der Waals surface area contributed by atoms with Crippen molar-refractivity contribution < 1.29 is 9.59 Å². The highest BCUT2D eigenvalue weighted by Crippen LogP contribution is 2.23. The number of carbonyl (C=O) groups excluding carboxylic acids is 2. The topological polar surface area (TPSA) is 52.7 Å². The van der Waals surface area contributed by atoms with Gasteiger partial charge in [-0.3, -0.25) is 4.79 Å². The van der Waals surface area contributed by atoms with E-state index in [0.29, 0.717) is 12.5 Å². The average Bonchev–Trinajstić information content (AvgIpc) is 2.64. The van der Waals surface area contributed by atoms with Crippen molar-refractivity contribution in [1.29, 1.82) is 0 Å². The van der Waals surface area contributed by atoms with E-state index in [9.17, 15) is 9.59 Å². The molecule has 1 N–H and O–H groups in total. The molecule has 0 spiro atoms. The zero-order valence-corrected chi connectivity index (χ0v) is 15.3. The van der Waals surface area contributed by atoms with Crippen LogP contribution in [0.4, 0.5) is 10.5 Å². The second-order valence-corrected chi connectivity index (χ2v) is 7.59. The summed E-state index contributed by atoms with van der Waals surface area (Å²) in [6.45, 7) is 7.26. The number of urea groups is 1. The van der Waals surface area contributed by atoms with E-state index in [0.717, 1.165) is 56.6 Å². The van der Waals surface area contributed by atoms with Crippen LogP contribution in [0.15, 0.2) is 24.3 Å². The maximum absolute atomic E-state index is 12.8. The number of carbonyl (C=O) groups is 2. The van der Waals surface area contributed by atoms with Gasteiger partial charge in [-0.25, -0.2) is 4.79 Å². The third-order valence-corrected chi connectivity index (χ3v) is 5.46. The minimum atomic E-state index is -0.103. The molecule has 2 heterocycles. The molecule has 5 nitrogen and oxygen atoms in total. The molecule has 25 heavy (non-hydrogen) atoms. The Morgan fingerprint density at radius 3 is 2.36 bits per heavy atom. The van der Waals surface area contributed by atoms with E-state index in [2.05, 4.69) is 12.2 Å². The van der Waals surface area contributed by atoms with Gasteiger partial charge >= 0.3 is 6.03 Å². The molecule has 5 heteroatoms. The number of aryl methyl sites for hydroxylation is 1. The summed E-state index contributed by atoms with van der Waals surface area (Å²) in [5.74, 6) is 0.901. The molecule has 2 aliphatic heterocycles. The monoisotopic (exact) mass is 343 g/mol. The lowest BCUT2D eigenvalue weighted by Gasteiger charge is -2.37. The Labute approximate surface area is 150 Å². The zero-order chi connectivity index (χ0) is 17.8. The van der Waals surface area contributed by atoms with Crippen LogP contribution in [0, 0.1) is 18.8 Å². The van der Waals surface area contributed by atoms with Gasteiger partial charge in [0, 0.05) is 31.9 Å². The number of likely N-dealkylation sites (tertiary alicyclic amines) is 2. The van der Waals surface area contributed by atoms with E-state index in [1.54, 1.807) is 4.90 Å². The van der Waals surface area contributed by atoms with Crippen LogP contribution in [-0.2, 0) is 4.79 Å². The molecule has 0 radical (unpaired) electrons. The SMILES string of the molecule is Cc1ccc(NC(=O)N2CCC[C@H](C(=O)N3CCC(C)CC3)C2)cc1. The maximum atomic E-state index is 12.8. The summed E-state index contributed by atoms with van der Waals surface area (Å²) in [5.41, 5.74) is 1.96. The first-order valence-electron chi connectivity index (χ1n) is 9.44. The van der Waals surface area contributed by atoms with E-state index in [4.69, 9.17) is 0 Å². The molecule has 1 aromatic carbocycles. The van der Waals surface area contributed by atoms with Gasteiger partial charge in [0.25, 0.3) is 0 Å².